The summed E-state index contributed by atoms with van der Waals surface area (Å²) in [7, 11) is 1.75. The van der Waals surface area contributed by atoms with Gasteiger partial charge < -0.3 is 30.9 Å². The Morgan fingerprint density at radius 1 is 1.06 bits per heavy atom. The van der Waals surface area contributed by atoms with E-state index in [-0.39, 0.29) is 58.8 Å². The van der Waals surface area contributed by atoms with Gasteiger partial charge in [-0.3, -0.25) is 20.2 Å². The number of piperazine rings is 1. The van der Waals surface area contributed by atoms with Gasteiger partial charge in [0.05, 0.1) is 23.6 Å². The van der Waals surface area contributed by atoms with Gasteiger partial charge in [-0.05, 0) is 31.6 Å². The maximum atomic E-state index is 13.5. The number of nitrogens with zero attached hydrogens (tertiary/aromatic N) is 1. The number of carbonyl (C=O) groups excluding carboxylic acids is 2. The topological polar surface area (TPSA) is 119 Å². The van der Waals surface area contributed by atoms with E-state index in [0.717, 1.165) is 32.5 Å². The minimum Gasteiger partial charge on any atom is -0.380 e. The fourth-order valence-corrected chi connectivity index (χ4v) is 8.20. The van der Waals surface area contributed by atoms with Crippen LogP contribution in [0.25, 0.3) is 0 Å². The minimum absolute atomic E-state index is 0.0614. The second-order valence-corrected chi connectivity index (χ2v) is 12.5. The van der Waals surface area contributed by atoms with Crippen LogP contribution in [0.1, 0.15) is 19.8 Å². The molecule has 5 aliphatic rings. The van der Waals surface area contributed by atoms with Gasteiger partial charge in [-0.1, -0.05) is 0 Å². The molecule has 5 heterocycles. The van der Waals surface area contributed by atoms with Crippen LogP contribution >= 0.6 is 23.4 Å². The lowest BCUT2D eigenvalue weighted by Crippen LogP contribution is -2.58. The Balaban J connectivity index is 1.16. The number of hydrogen-bond acceptors (Lipinski definition) is 9. The lowest BCUT2D eigenvalue weighted by Gasteiger charge is -2.45. The first kappa shape index (κ1) is 26.0. The number of rotatable bonds is 5. The van der Waals surface area contributed by atoms with Gasteiger partial charge in [0.25, 0.3) is 0 Å². The van der Waals surface area contributed by atoms with E-state index in [1.165, 1.54) is 0 Å². The molecule has 35 heavy (non-hydrogen) atoms. The SMILES string of the molecule is COC1CNC(Cl)CC1C1CC(C)NCC1C(=O)NC1NC2CN(C(=O)C3CNCCN3)CC2S1. The van der Waals surface area contributed by atoms with Crippen molar-refractivity contribution in [1.29, 1.82) is 0 Å². The monoisotopic (exact) mass is 529 g/mol. The Labute approximate surface area is 217 Å². The molecule has 5 saturated heterocycles. The third kappa shape index (κ3) is 5.77. The number of methoxy groups -OCH3 is 1. The largest absolute Gasteiger partial charge is 0.380 e. The molecule has 0 bridgehead atoms. The fourth-order valence-electron chi connectivity index (χ4n) is 6.49. The molecule has 10 atom stereocenters. The first-order chi connectivity index (χ1) is 16.9. The Bertz CT molecular complexity index is 761. The second-order valence-electron chi connectivity index (χ2n) is 10.7. The zero-order valence-electron chi connectivity index (χ0n) is 20.6. The van der Waals surface area contributed by atoms with E-state index in [4.69, 9.17) is 16.3 Å². The highest BCUT2D eigenvalue weighted by Gasteiger charge is 2.47. The number of carbonyl (C=O) groups is 2. The summed E-state index contributed by atoms with van der Waals surface area (Å²) in [5.74, 6) is 0.600. The lowest BCUT2D eigenvalue weighted by atomic mass is 9.70. The molecule has 10 unspecified atom stereocenters. The summed E-state index contributed by atoms with van der Waals surface area (Å²) >= 11 is 8.20. The molecule has 0 aliphatic carbocycles. The van der Waals surface area contributed by atoms with Crippen LogP contribution in [0.15, 0.2) is 0 Å². The van der Waals surface area contributed by atoms with Gasteiger partial charge in [-0.2, -0.15) is 0 Å². The van der Waals surface area contributed by atoms with Crippen molar-refractivity contribution < 1.29 is 14.3 Å². The van der Waals surface area contributed by atoms with Crippen LogP contribution in [-0.2, 0) is 14.3 Å². The molecule has 0 spiro atoms. The van der Waals surface area contributed by atoms with Crippen molar-refractivity contribution in [2.45, 2.75) is 60.2 Å². The molecule has 2 amide bonds. The molecule has 5 fully saturated rings. The molecule has 10 nitrogen and oxygen atoms in total. The molecule has 0 aromatic carbocycles. The number of alkyl halides is 1. The van der Waals surface area contributed by atoms with Gasteiger partial charge in [-0.25, -0.2) is 0 Å². The molecule has 0 aromatic rings. The van der Waals surface area contributed by atoms with Crippen molar-refractivity contribution >= 4 is 35.2 Å². The maximum Gasteiger partial charge on any atom is 0.241 e. The maximum absolute atomic E-state index is 13.5. The summed E-state index contributed by atoms with van der Waals surface area (Å²) < 4.78 is 5.80. The molecular weight excluding hydrogens is 490 g/mol. The first-order valence-electron chi connectivity index (χ1n) is 13.0. The van der Waals surface area contributed by atoms with Gasteiger partial charge >= 0.3 is 0 Å². The van der Waals surface area contributed by atoms with Crippen LogP contribution in [0.5, 0.6) is 0 Å². The zero-order chi connectivity index (χ0) is 24.5. The number of likely N-dealkylation sites (tertiary alicyclic amines) is 1. The quantitative estimate of drug-likeness (QED) is 0.190. The molecule has 6 N–H and O–H groups in total. The highest BCUT2D eigenvalue weighted by atomic mass is 35.5. The number of nitrogens with one attached hydrogen (secondary N) is 6. The van der Waals surface area contributed by atoms with Crippen molar-refractivity contribution in [3.05, 3.63) is 0 Å². The number of amides is 2. The third-order valence-electron chi connectivity index (χ3n) is 8.38. The average molecular weight is 530 g/mol. The normalized spacial score (nSPS) is 44.1. The average Bonchev–Trinajstić information content (AvgIpc) is 3.42. The highest BCUT2D eigenvalue weighted by molar-refractivity contribution is 8.00. The van der Waals surface area contributed by atoms with Crippen molar-refractivity contribution in [2.24, 2.45) is 17.8 Å². The Morgan fingerprint density at radius 2 is 1.91 bits per heavy atom. The standard InChI is InChI=1S/C23H40ClN7O3S/c1-12-5-13(14-6-20(24)28-9-18(14)34-2)15(7-27-12)21(32)30-23-29-17-10-31(11-19(17)35-23)22(33)16-8-25-3-4-26-16/h12-20,23,25-29H,3-11H2,1-2H3,(H,30,32). The van der Waals surface area contributed by atoms with Gasteiger partial charge in [0, 0.05) is 70.3 Å². The van der Waals surface area contributed by atoms with Crippen molar-refractivity contribution in [1.82, 2.24) is 36.8 Å². The molecule has 5 rings (SSSR count). The Hall–Kier alpha value is -0.660. The number of piperidine rings is 2. The van der Waals surface area contributed by atoms with E-state index in [9.17, 15) is 9.59 Å². The number of ether oxygens (including phenoxy) is 1. The number of fused-ring (bicyclic) bond motifs is 1. The van der Waals surface area contributed by atoms with Crippen molar-refractivity contribution in [3.8, 4) is 0 Å². The molecular formula is C23H40ClN7O3S. The van der Waals surface area contributed by atoms with Gasteiger partial charge in [0.2, 0.25) is 11.8 Å². The van der Waals surface area contributed by atoms with E-state index in [2.05, 4.69) is 38.8 Å². The smallest absolute Gasteiger partial charge is 0.241 e. The van der Waals surface area contributed by atoms with Crippen LogP contribution in [0.3, 0.4) is 0 Å². The Morgan fingerprint density at radius 3 is 2.66 bits per heavy atom. The molecule has 5 aliphatic heterocycles. The summed E-state index contributed by atoms with van der Waals surface area (Å²) in [6.07, 6.45) is 1.80. The van der Waals surface area contributed by atoms with E-state index in [1.54, 1.807) is 18.9 Å². The molecule has 0 radical (unpaired) electrons. The summed E-state index contributed by atoms with van der Waals surface area (Å²) in [6.45, 7) is 7.38. The number of thioether (sulfide) groups is 1. The minimum atomic E-state index is -0.139. The summed E-state index contributed by atoms with van der Waals surface area (Å²) in [5.41, 5.74) is -0.215. The van der Waals surface area contributed by atoms with Crippen molar-refractivity contribution in [2.75, 3.05) is 52.9 Å². The fraction of sp³-hybridized carbons (Fsp3) is 0.913. The van der Waals surface area contributed by atoms with E-state index in [0.29, 0.717) is 37.5 Å². The van der Waals surface area contributed by atoms with E-state index >= 15 is 0 Å². The lowest BCUT2D eigenvalue weighted by molar-refractivity contribution is -0.133. The number of hydrogen-bond donors (Lipinski definition) is 6. The van der Waals surface area contributed by atoms with Gasteiger partial charge in [0.15, 0.2) is 0 Å². The van der Waals surface area contributed by atoms with Gasteiger partial charge in [0.1, 0.15) is 5.50 Å². The second kappa shape index (κ2) is 11.4. The third-order valence-corrected chi connectivity index (χ3v) is 10.1. The van der Waals surface area contributed by atoms with E-state index < -0.39 is 0 Å². The highest BCUT2D eigenvalue weighted by Crippen LogP contribution is 2.38. The van der Waals surface area contributed by atoms with Crippen LogP contribution < -0.4 is 31.9 Å². The van der Waals surface area contributed by atoms with Crippen molar-refractivity contribution in [3.63, 3.8) is 0 Å². The van der Waals surface area contributed by atoms with Crippen LogP contribution in [0, 0.1) is 17.8 Å². The first-order valence-corrected chi connectivity index (χ1v) is 14.4. The summed E-state index contributed by atoms with van der Waals surface area (Å²) in [5, 5.41) is 20.5. The summed E-state index contributed by atoms with van der Waals surface area (Å²) in [4.78, 5) is 28.3. The van der Waals surface area contributed by atoms with Crippen LogP contribution in [0.4, 0.5) is 0 Å². The predicted molar refractivity (Wildman–Crippen MR) is 137 cm³/mol. The van der Waals surface area contributed by atoms with Crippen LogP contribution in [0.2, 0.25) is 0 Å². The van der Waals surface area contributed by atoms with Gasteiger partial charge in [-0.15, -0.1) is 23.4 Å². The molecule has 12 heteroatoms. The number of halogens is 1. The molecule has 198 valence electrons. The Kier molecular flexibility index (Phi) is 8.45. The predicted octanol–water partition coefficient (Wildman–Crippen LogP) is -1.33. The van der Waals surface area contributed by atoms with E-state index in [1.807, 2.05) is 4.90 Å². The van der Waals surface area contributed by atoms with Crippen LogP contribution in [-0.4, -0.2) is 110 Å². The molecule has 0 saturated carbocycles. The zero-order valence-corrected chi connectivity index (χ0v) is 22.2. The molecule has 0 aromatic heterocycles. The summed E-state index contributed by atoms with van der Waals surface area (Å²) in [6, 6.07) is 0.422.